The van der Waals surface area contributed by atoms with Crippen LogP contribution < -0.4 is 0 Å². The molecule has 2 rings (SSSR count). The van der Waals surface area contributed by atoms with Gasteiger partial charge in [0.05, 0.1) is 0 Å². The van der Waals surface area contributed by atoms with E-state index in [4.69, 9.17) is 0 Å². The summed E-state index contributed by atoms with van der Waals surface area (Å²) < 4.78 is 0. The SMILES string of the molecule is CC(C)(C)C(SC(c1cccc(O)c1)C(C)(C)C)c1cccc(O)c1. The molecule has 0 heterocycles. The molecule has 0 amide bonds. The summed E-state index contributed by atoms with van der Waals surface area (Å²) in [6, 6.07) is 15.1. The van der Waals surface area contributed by atoms with Crippen LogP contribution in [0.4, 0.5) is 0 Å². The Morgan fingerprint density at radius 2 is 1.04 bits per heavy atom. The number of phenolic OH excluding ortho intramolecular Hbond substituents is 2. The number of thioether (sulfide) groups is 1. The Balaban J connectivity index is 2.46. The third-order valence-electron chi connectivity index (χ3n) is 4.19. The number of rotatable bonds is 4. The van der Waals surface area contributed by atoms with Crippen LogP contribution in [0.25, 0.3) is 0 Å². The molecule has 2 atom stereocenters. The number of hydrogen-bond donors (Lipinski definition) is 2. The molecule has 0 fully saturated rings. The van der Waals surface area contributed by atoms with Crippen molar-refractivity contribution in [2.24, 2.45) is 10.8 Å². The molecule has 0 radical (unpaired) electrons. The highest BCUT2D eigenvalue weighted by atomic mass is 32.2. The van der Waals surface area contributed by atoms with E-state index < -0.39 is 0 Å². The van der Waals surface area contributed by atoms with Crippen LogP contribution in [-0.4, -0.2) is 10.2 Å². The number of benzene rings is 2. The minimum Gasteiger partial charge on any atom is -0.508 e. The summed E-state index contributed by atoms with van der Waals surface area (Å²) in [4.78, 5) is 0. The van der Waals surface area contributed by atoms with Crippen molar-refractivity contribution in [3.05, 3.63) is 59.7 Å². The van der Waals surface area contributed by atoms with Crippen molar-refractivity contribution in [1.29, 1.82) is 0 Å². The van der Waals surface area contributed by atoms with Gasteiger partial charge in [-0.2, -0.15) is 0 Å². The molecule has 0 aliphatic rings. The van der Waals surface area contributed by atoms with E-state index >= 15 is 0 Å². The van der Waals surface area contributed by atoms with Gasteiger partial charge in [0.1, 0.15) is 11.5 Å². The van der Waals surface area contributed by atoms with Gasteiger partial charge in [0.15, 0.2) is 0 Å². The maximum Gasteiger partial charge on any atom is 0.115 e. The van der Waals surface area contributed by atoms with Crippen LogP contribution in [0.5, 0.6) is 11.5 Å². The molecular formula is C22H30O2S. The molecule has 2 nitrogen and oxygen atoms in total. The number of aromatic hydroxyl groups is 2. The molecule has 2 unspecified atom stereocenters. The number of hydrogen-bond acceptors (Lipinski definition) is 3. The quantitative estimate of drug-likeness (QED) is 0.638. The minimum atomic E-state index is 0.0266. The van der Waals surface area contributed by atoms with Gasteiger partial charge in [-0.25, -0.2) is 0 Å². The second-order valence-electron chi connectivity index (χ2n) is 8.82. The second-order valence-corrected chi connectivity index (χ2v) is 10.0. The lowest BCUT2D eigenvalue weighted by Gasteiger charge is -2.39. The highest BCUT2D eigenvalue weighted by molar-refractivity contribution is 7.99. The largest absolute Gasteiger partial charge is 0.508 e. The molecule has 0 aliphatic carbocycles. The van der Waals surface area contributed by atoms with Gasteiger partial charge in [-0.05, 0) is 46.2 Å². The number of phenols is 2. The Hall–Kier alpha value is -1.61. The minimum absolute atomic E-state index is 0.0266. The summed E-state index contributed by atoms with van der Waals surface area (Å²) in [6.07, 6.45) is 0. The normalized spacial score (nSPS) is 15.0. The van der Waals surface area contributed by atoms with Gasteiger partial charge in [-0.3, -0.25) is 0 Å². The first-order valence-electron chi connectivity index (χ1n) is 8.72. The average molecular weight is 359 g/mol. The molecule has 0 aliphatic heterocycles. The van der Waals surface area contributed by atoms with E-state index in [9.17, 15) is 10.2 Å². The van der Waals surface area contributed by atoms with Crippen LogP contribution in [0.1, 0.15) is 63.2 Å². The molecule has 136 valence electrons. The first-order valence-corrected chi connectivity index (χ1v) is 9.66. The highest BCUT2D eigenvalue weighted by Crippen LogP contribution is 2.55. The zero-order chi connectivity index (χ0) is 18.8. The third kappa shape index (κ3) is 5.18. The molecule has 0 aromatic heterocycles. The second kappa shape index (κ2) is 7.33. The van der Waals surface area contributed by atoms with Crippen molar-refractivity contribution in [2.75, 3.05) is 0 Å². The van der Waals surface area contributed by atoms with E-state index in [0.29, 0.717) is 11.5 Å². The van der Waals surface area contributed by atoms with E-state index in [0.717, 1.165) is 11.1 Å². The first kappa shape index (κ1) is 19.7. The summed E-state index contributed by atoms with van der Waals surface area (Å²) in [7, 11) is 0. The van der Waals surface area contributed by atoms with E-state index in [2.05, 4.69) is 53.7 Å². The fourth-order valence-corrected chi connectivity index (χ4v) is 4.77. The van der Waals surface area contributed by atoms with Crippen molar-refractivity contribution >= 4 is 11.8 Å². The van der Waals surface area contributed by atoms with Crippen LogP contribution in [0.3, 0.4) is 0 Å². The summed E-state index contributed by atoms with van der Waals surface area (Å²) in [5, 5.41) is 20.3. The van der Waals surface area contributed by atoms with Crippen LogP contribution >= 0.6 is 11.8 Å². The zero-order valence-corrected chi connectivity index (χ0v) is 16.9. The standard InChI is InChI=1S/C22H30O2S/c1-21(2,3)19(15-9-7-11-17(23)13-15)25-20(22(4,5)6)16-10-8-12-18(24)14-16/h7-14,19-20,23-24H,1-6H3. The van der Waals surface area contributed by atoms with Crippen LogP contribution in [0.15, 0.2) is 48.5 Å². The Kier molecular flexibility index (Phi) is 5.78. The van der Waals surface area contributed by atoms with Gasteiger partial charge in [-0.1, -0.05) is 65.8 Å². The maximum atomic E-state index is 9.93. The smallest absolute Gasteiger partial charge is 0.115 e. The Morgan fingerprint density at radius 3 is 1.32 bits per heavy atom. The predicted octanol–water partition coefficient (Wildman–Crippen LogP) is 6.71. The van der Waals surface area contributed by atoms with Crippen molar-refractivity contribution in [3.63, 3.8) is 0 Å². The topological polar surface area (TPSA) is 40.5 Å². The van der Waals surface area contributed by atoms with Gasteiger partial charge in [0.25, 0.3) is 0 Å². The Labute approximate surface area is 156 Å². The van der Waals surface area contributed by atoms with Crippen molar-refractivity contribution in [1.82, 2.24) is 0 Å². The summed E-state index contributed by atoms with van der Waals surface area (Å²) in [6.45, 7) is 13.4. The van der Waals surface area contributed by atoms with Gasteiger partial charge in [0, 0.05) is 10.5 Å². The van der Waals surface area contributed by atoms with E-state index in [1.807, 2.05) is 36.0 Å². The molecule has 25 heavy (non-hydrogen) atoms. The lowest BCUT2D eigenvalue weighted by Crippen LogP contribution is -2.22. The Morgan fingerprint density at radius 1 is 0.680 bits per heavy atom. The molecular weight excluding hydrogens is 328 g/mol. The van der Waals surface area contributed by atoms with Crippen molar-refractivity contribution in [3.8, 4) is 11.5 Å². The average Bonchev–Trinajstić information content (AvgIpc) is 2.45. The molecule has 3 heteroatoms. The molecule has 0 spiro atoms. The maximum absolute atomic E-state index is 9.93. The van der Waals surface area contributed by atoms with E-state index in [1.165, 1.54) is 0 Å². The van der Waals surface area contributed by atoms with Crippen LogP contribution in [0, 0.1) is 10.8 Å². The fourth-order valence-electron chi connectivity index (χ4n) is 3.08. The van der Waals surface area contributed by atoms with E-state index in [1.54, 1.807) is 12.1 Å². The molecule has 2 aromatic rings. The van der Waals surface area contributed by atoms with Crippen molar-refractivity contribution in [2.45, 2.75) is 52.0 Å². The van der Waals surface area contributed by atoms with Gasteiger partial charge in [0.2, 0.25) is 0 Å². The highest BCUT2D eigenvalue weighted by Gasteiger charge is 2.35. The lowest BCUT2D eigenvalue weighted by molar-refractivity contribution is 0.377. The first-order chi connectivity index (χ1) is 11.5. The monoisotopic (exact) mass is 358 g/mol. The van der Waals surface area contributed by atoms with Crippen LogP contribution in [-0.2, 0) is 0 Å². The molecule has 0 saturated heterocycles. The van der Waals surface area contributed by atoms with Gasteiger partial charge >= 0.3 is 0 Å². The van der Waals surface area contributed by atoms with Gasteiger partial charge < -0.3 is 10.2 Å². The summed E-state index contributed by atoms with van der Waals surface area (Å²) in [5.74, 6) is 0.606. The molecule has 0 saturated carbocycles. The Bertz CT molecular complexity index is 649. The fraction of sp³-hybridized carbons (Fsp3) is 0.455. The van der Waals surface area contributed by atoms with Gasteiger partial charge in [-0.15, -0.1) is 11.8 Å². The van der Waals surface area contributed by atoms with E-state index in [-0.39, 0.29) is 21.3 Å². The molecule has 0 bridgehead atoms. The third-order valence-corrected chi connectivity index (χ3v) is 6.69. The molecule has 2 N–H and O–H groups in total. The molecule has 2 aromatic carbocycles. The zero-order valence-electron chi connectivity index (χ0n) is 16.1. The van der Waals surface area contributed by atoms with Crippen LogP contribution in [0.2, 0.25) is 0 Å². The lowest BCUT2D eigenvalue weighted by atomic mass is 9.86. The van der Waals surface area contributed by atoms with Crippen molar-refractivity contribution < 1.29 is 10.2 Å². The predicted molar refractivity (Wildman–Crippen MR) is 108 cm³/mol. The summed E-state index contributed by atoms with van der Waals surface area (Å²) in [5.41, 5.74) is 2.32. The summed E-state index contributed by atoms with van der Waals surface area (Å²) >= 11 is 1.91.